The van der Waals surface area contributed by atoms with Crippen LogP contribution in [0, 0.1) is 5.92 Å². The van der Waals surface area contributed by atoms with E-state index in [1.54, 1.807) is 11.9 Å². The molecule has 0 aromatic heterocycles. The molecule has 7 heteroatoms. The van der Waals surface area contributed by atoms with Crippen LogP contribution >= 0.6 is 0 Å². The van der Waals surface area contributed by atoms with Gasteiger partial charge in [0.1, 0.15) is 5.54 Å². The Morgan fingerprint density at radius 2 is 2.00 bits per heavy atom. The molecule has 1 aliphatic carbocycles. The number of rotatable bonds is 9. The molecule has 1 N–H and O–H groups in total. The Bertz CT molecular complexity index is 346. The number of alkyl halides is 3. The van der Waals surface area contributed by atoms with Crippen molar-refractivity contribution in [3.8, 4) is 0 Å². The number of carbonyl (C=O) groups is 1. The first-order valence-corrected chi connectivity index (χ1v) is 7.34. The van der Waals surface area contributed by atoms with E-state index in [1.807, 2.05) is 6.92 Å². The maximum Gasteiger partial charge on any atom is 0.390 e. The molecule has 0 bridgehead atoms. The minimum Gasteiger partial charge on any atom is -0.468 e. The number of nitrogens with zero attached hydrogens (tertiary/aromatic N) is 1. The zero-order chi connectivity index (χ0) is 16.1. The van der Waals surface area contributed by atoms with Crippen LogP contribution in [-0.4, -0.2) is 56.4 Å². The summed E-state index contributed by atoms with van der Waals surface area (Å²) in [5.74, 6) is -0.234. The smallest absolute Gasteiger partial charge is 0.390 e. The minimum atomic E-state index is -4.18. The molecular formula is C14H25F3N2O2. The molecule has 1 fully saturated rings. The molecule has 0 radical (unpaired) electrons. The maximum absolute atomic E-state index is 12.3. The SMILES string of the molecule is CCCNC(CN(C)CCC(F)(F)F)(C(=O)OC)C1CC1. The van der Waals surface area contributed by atoms with Crippen LogP contribution in [0.1, 0.15) is 32.6 Å². The molecule has 21 heavy (non-hydrogen) atoms. The van der Waals surface area contributed by atoms with Crippen molar-refractivity contribution < 1.29 is 22.7 Å². The number of methoxy groups -OCH3 is 1. The summed E-state index contributed by atoms with van der Waals surface area (Å²) in [6.45, 7) is 2.73. The lowest BCUT2D eigenvalue weighted by molar-refractivity contribution is -0.151. The molecule has 0 aromatic rings. The third-order valence-electron chi connectivity index (χ3n) is 3.81. The molecular weight excluding hydrogens is 285 g/mol. The van der Waals surface area contributed by atoms with E-state index in [1.165, 1.54) is 7.11 Å². The molecule has 1 aliphatic rings. The third-order valence-corrected chi connectivity index (χ3v) is 3.81. The van der Waals surface area contributed by atoms with Crippen molar-refractivity contribution in [2.75, 3.05) is 33.8 Å². The van der Waals surface area contributed by atoms with Gasteiger partial charge in [0.2, 0.25) is 0 Å². The summed E-state index contributed by atoms with van der Waals surface area (Å²) < 4.78 is 41.8. The molecule has 0 aromatic carbocycles. The van der Waals surface area contributed by atoms with E-state index in [0.29, 0.717) is 6.54 Å². The quantitative estimate of drug-likeness (QED) is 0.663. The van der Waals surface area contributed by atoms with Crippen LogP contribution in [0.25, 0.3) is 0 Å². The average Bonchev–Trinajstić information content (AvgIpc) is 3.24. The predicted octanol–water partition coefficient (Wildman–Crippen LogP) is 2.19. The van der Waals surface area contributed by atoms with Gasteiger partial charge in [0.15, 0.2) is 0 Å². The molecule has 0 amide bonds. The summed E-state index contributed by atoms with van der Waals surface area (Å²) in [5, 5.41) is 3.23. The molecule has 1 saturated carbocycles. The van der Waals surface area contributed by atoms with Gasteiger partial charge in [-0.25, -0.2) is 4.79 Å². The van der Waals surface area contributed by atoms with Crippen molar-refractivity contribution in [1.29, 1.82) is 0 Å². The van der Waals surface area contributed by atoms with Crippen LogP contribution in [0.3, 0.4) is 0 Å². The summed E-state index contributed by atoms with van der Waals surface area (Å²) in [6.07, 6.45) is -2.41. The van der Waals surface area contributed by atoms with E-state index in [-0.39, 0.29) is 25.0 Å². The number of hydrogen-bond acceptors (Lipinski definition) is 4. The van der Waals surface area contributed by atoms with Crippen molar-refractivity contribution in [1.82, 2.24) is 10.2 Å². The molecule has 4 nitrogen and oxygen atoms in total. The van der Waals surface area contributed by atoms with Gasteiger partial charge in [0.25, 0.3) is 0 Å². The number of ether oxygens (including phenoxy) is 1. The fourth-order valence-electron chi connectivity index (χ4n) is 2.56. The van der Waals surface area contributed by atoms with E-state index in [0.717, 1.165) is 19.3 Å². The van der Waals surface area contributed by atoms with Gasteiger partial charge >= 0.3 is 12.1 Å². The minimum absolute atomic E-state index is 0.122. The Kier molecular flexibility index (Phi) is 6.46. The summed E-state index contributed by atoms with van der Waals surface area (Å²) >= 11 is 0. The van der Waals surface area contributed by atoms with Gasteiger partial charge in [-0.1, -0.05) is 6.92 Å². The fraction of sp³-hybridized carbons (Fsp3) is 0.929. The molecule has 0 saturated heterocycles. The summed E-state index contributed by atoms with van der Waals surface area (Å²) in [4.78, 5) is 13.8. The monoisotopic (exact) mass is 310 g/mol. The van der Waals surface area contributed by atoms with E-state index in [4.69, 9.17) is 4.74 Å². The highest BCUT2D eigenvalue weighted by Crippen LogP contribution is 2.41. The van der Waals surface area contributed by atoms with Crippen LogP contribution in [0.4, 0.5) is 13.2 Å². The maximum atomic E-state index is 12.3. The van der Waals surface area contributed by atoms with Gasteiger partial charge in [-0.05, 0) is 38.8 Å². The van der Waals surface area contributed by atoms with Gasteiger partial charge in [-0.2, -0.15) is 13.2 Å². The topological polar surface area (TPSA) is 41.6 Å². The zero-order valence-corrected chi connectivity index (χ0v) is 12.9. The van der Waals surface area contributed by atoms with Crippen LogP contribution < -0.4 is 5.32 Å². The molecule has 0 spiro atoms. The Morgan fingerprint density at radius 3 is 2.43 bits per heavy atom. The summed E-state index contributed by atoms with van der Waals surface area (Å²) in [5.41, 5.74) is -0.884. The Hall–Kier alpha value is -0.820. The molecule has 1 rings (SSSR count). The number of likely N-dealkylation sites (N-methyl/N-ethyl adjacent to an activating group) is 1. The molecule has 1 unspecified atom stereocenters. The Labute approximate surface area is 124 Å². The Balaban J connectivity index is 2.73. The molecule has 124 valence electrons. The highest BCUT2D eigenvalue weighted by molar-refractivity contribution is 5.82. The van der Waals surface area contributed by atoms with Crippen LogP contribution in [0.15, 0.2) is 0 Å². The van der Waals surface area contributed by atoms with E-state index >= 15 is 0 Å². The highest BCUT2D eigenvalue weighted by Gasteiger charge is 2.52. The van der Waals surface area contributed by atoms with Gasteiger partial charge in [-0.3, -0.25) is 0 Å². The first-order valence-electron chi connectivity index (χ1n) is 7.34. The van der Waals surface area contributed by atoms with Gasteiger partial charge < -0.3 is 15.0 Å². The number of halogens is 3. The summed E-state index contributed by atoms with van der Waals surface area (Å²) in [6, 6.07) is 0. The van der Waals surface area contributed by atoms with Crippen LogP contribution in [0.5, 0.6) is 0 Å². The normalized spacial score (nSPS) is 18.6. The first-order chi connectivity index (χ1) is 9.75. The van der Waals surface area contributed by atoms with E-state index in [9.17, 15) is 18.0 Å². The standard InChI is InChI=1S/C14H25F3N2O2/c1-4-8-18-13(11-5-6-11,12(20)21-3)10-19(2)9-7-14(15,16)17/h11,18H,4-10H2,1-3H3. The number of hydrogen-bond donors (Lipinski definition) is 1. The third kappa shape index (κ3) is 5.47. The van der Waals surface area contributed by atoms with Crippen molar-refractivity contribution >= 4 is 5.97 Å². The van der Waals surface area contributed by atoms with Gasteiger partial charge in [0.05, 0.1) is 13.5 Å². The van der Waals surface area contributed by atoms with Crippen molar-refractivity contribution in [2.45, 2.75) is 44.3 Å². The predicted molar refractivity (Wildman–Crippen MR) is 73.9 cm³/mol. The first kappa shape index (κ1) is 18.2. The Morgan fingerprint density at radius 1 is 1.38 bits per heavy atom. The van der Waals surface area contributed by atoms with Gasteiger partial charge in [-0.15, -0.1) is 0 Å². The lowest BCUT2D eigenvalue weighted by atomic mass is 9.92. The molecule has 1 atom stereocenters. The van der Waals surface area contributed by atoms with Crippen molar-refractivity contribution in [2.24, 2.45) is 5.92 Å². The number of esters is 1. The summed E-state index contributed by atoms with van der Waals surface area (Å²) in [7, 11) is 2.93. The van der Waals surface area contributed by atoms with Crippen molar-refractivity contribution in [3.63, 3.8) is 0 Å². The largest absolute Gasteiger partial charge is 0.468 e. The number of carbonyl (C=O) groups excluding carboxylic acids is 1. The van der Waals surface area contributed by atoms with Crippen LogP contribution in [-0.2, 0) is 9.53 Å². The second-order valence-corrected chi connectivity index (χ2v) is 5.77. The molecule has 0 heterocycles. The number of nitrogens with one attached hydrogen (secondary N) is 1. The lowest BCUT2D eigenvalue weighted by Gasteiger charge is -2.36. The van der Waals surface area contributed by atoms with Crippen LogP contribution in [0.2, 0.25) is 0 Å². The van der Waals surface area contributed by atoms with Crippen molar-refractivity contribution in [3.05, 3.63) is 0 Å². The fourth-order valence-corrected chi connectivity index (χ4v) is 2.56. The van der Waals surface area contributed by atoms with E-state index < -0.39 is 18.1 Å². The molecule has 0 aliphatic heterocycles. The van der Waals surface area contributed by atoms with Gasteiger partial charge in [0, 0.05) is 13.1 Å². The van der Waals surface area contributed by atoms with E-state index in [2.05, 4.69) is 5.32 Å². The lowest BCUT2D eigenvalue weighted by Crippen LogP contribution is -2.61. The highest BCUT2D eigenvalue weighted by atomic mass is 19.4. The zero-order valence-electron chi connectivity index (χ0n) is 12.9. The second-order valence-electron chi connectivity index (χ2n) is 5.77. The second kappa shape index (κ2) is 7.45. The average molecular weight is 310 g/mol.